The quantitative estimate of drug-likeness (QED) is 0.0150. The van der Waals surface area contributed by atoms with Crippen molar-refractivity contribution in [2.75, 3.05) is 56.8 Å². The number of rotatable bonds is 35. The number of hydrogen-bond donors (Lipinski definition) is 20. The summed E-state index contributed by atoms with van der Waals surface area (Å²) in [5.41, 5.74) is 28.1. The molecule has 0 saturated carbocycles. The number of nitrogens with two attached hydrogens (primary N) is 5. The van der Waals surface area contributed by atoms with Gasteiger partial charge in [0.05, 0.1) is 85.2 Å². The number of aromatic nitrogens is 6. The summed E-state index contributed by atoms with van der Waals surface area (Å²) in [5, 5.41) is 108. The molecule has 4 aromatic heterocycles. The zero-order valence-electron chi connectivity index (χ0n) is 52.9. The summed E-state index contributed by atoms with van der Waals surface area (Å²) in [4.78, 5) is 131. The van der Waals surface area contributed by atoms with Crippen LogP contribution in [-0.2, 0) is 65.0 Å². The number of nitrogens with one attached hydrogen (secondary N) is 7. The number of nitrogens with zero attached hydrogens (tertiary/aromatic N) is 5. The van der Waals surface area contributed by atoms with Gasteiger partial charge in [0.1, 0.15) is 100 Å². The van der Waals surface area contributed by atoms with Crippen LogP contribution in [0.5, 0.6) is 0 Å². The Morgan fingerprint density at radius 2 is 1.47 bits per heavy atom. The van der Waals surface area contributed by atoms with Crippen molar-refractivity contribution in [3.8, 4) is 10.7 Å². The normalized spacial score (nSPS) is 24.0. The van der Waals surface area contributed by atoms with Crippen LogP contribution in [-0.4, -0.2) is 267 Å². The van der Waals surface area contributed by atoms with Gasteiger partial charge in [0.2, 0.25) is 29.5 Å². The molecule has 41 heteroatoms. The number of aliphatic hydroxyl groups is 8. The van der Waals surface area contributed by atoms with Crippen molar-refractivity contribution in [1.29, 1.82) is 0 Å². The van der Waals surface area contributed by atoms with E-state index in [-0.39, 0.29) is 64.9 Å². The number of imidazole rings is 1. The molecule has 2 aliphatic heterocycles. The Morgan fingerprint density at radius 1 is 0.781 bits per heavy atom. The van der Waals surface area contributed by atoms with Crippen LogP contribution in [0.1, 0.15) is 88.8 Å². The molecule has 2 aliphatic rings. The molecule has 2 fully saturated rings. The van der Waals surface area contributed by atoms with Crippen LogP contribution in [0.15, 0.2) is 23.3 Å². The fraction of sp³-hybridized carbons (Fsp3) is 0.618. The number of thiazole rings is 2. The van der Waals surface area contributed by atoms with E-state index in [2.05, 4.69) is 74.3 Å². The Balaban J connectivity index is 1.26. The predicted molar refractivity (Wildman–Crippen MR) is 339 cm³/mol. The first-order valence-corrected chi connectivity index (χ1v) is 33.8. The zero-order chi connectivity index (χ0) is 71.0. The van der Waals surface area contributed by atoms with Gasteiger partial charge in [0, 0.05) is 55.2 Å². The van der Waals surface area contributed by atoms with E-state index in [1.807, 2.05) is 0 Å². The molecule has 0 radical (unpaired) electrons. The van der Waals surface area contributed by atoms with E-state index in [1.54, 1.807) is 10.8 Å². The van der Waals surface area contributed by atoms with Crippen molar-refractivity contribution in [3.63, 3.8) is 0 Å². The minimum atomic E-state index is -2.20. The lowest BCUT2D eigenvalue weighted by Gasteiger charge is -2.47. The maximum atomic E-state index is 15.2. The number of primary amides is 3. The highest BCUT2D eigenvalue weighted by Gasteiger charge is 2.54. The Hall–Kier alpha value is -7.30. The molecule has 0 spiro atoms. The van der Waals surface area contributed by atoms with Crippen molar-refractivity contribution in [3.05, 3.63) is 56.8 Å². The third kappa shape index (κ3) is 20.6. The summed E-state index contributed by atoms with van der Waals surface area (Å²) in [6, 6.07) is -7.85. The van der Waals surface area contributed by atoms with Crippen molar-refractivity contribution in [1.82, 2.24) is 61.8 Å². The first-order valence-electron chi connectivity index (χ1n) is 29.8. The molecule has 25 N–H and O–H groups in total. The summed E-state index contributed by atoms with van der Waals surface area (Å²) >= 11 is 2.52. The first-order chi connectivity index (χ1) is 45.3. The smallest absolute Gasteiger partial charge is 0.404 e. The van der Waals surface area contributed by atoms with Gasteiger partial charge >= 0.3 is 6.09 Å². The second-order valence-electron chi connectivity index (χ2n) is 22.8. The fourth-order valence-corrected chi connectivity index (χ4v) is 12.1. The van der Waals surface area contributed by atoms with Crippen LogP contribution in [0, 0.1) is 12.8 Å². The Kier molecular flexibility index (Phi) is 29.0. The molecular weight excluding hydrogens is 1330 g/mol. The van der Waals surface area contributed by atoms with Crippen LogP contribution in [0.25, 0.3) is 10.7 Å². The molecule has 6 heterocycles. The predicted octanol–water partition coefficient (Wildman–Crippen LogP) is -7.70. The number of nitrogen functional groups attached to an aromatic ring is 1. The minimum Gasteiger partial charge on any atom is -0.441 e. The molecule has 2 saturated heterocycles. The van der Waals surface area contributed by atoms with Gasteiger partial charge in [0.15, 0.2) is 18.7 Å². The van der Waals surface area contributed by atoms with Crippen LogP contribution in [0.3, 0.4) is 0 Å². The molecule has 19 atom stereocenters. The summed E-state index contributed by atoms with van der Waals surface area (Å²) in [6.45, 7) is 3.18. The van der Waals surface area contributed by atoms with Gasteiger partial charge < -0.3 is 130 Å². The van der Waals surface area contributed by atoms with E-state index >= 15 is 4.79 Å². The van der Waals surface area contributed by atoms with Gasteiger partial charge in [-0.25, -0.2) is 29.7 Å². The van der Waals surface area contributed by atoms with Crippen molar-refractivity contribution in [2.45, 2.75) is 157 Å². The molecule has 4 aromatic rings. The second kappa shape index (κ2) is 35.8. The van der Waals surface area contributed by atoms with Crippen LogP contribution < -0.4 is 60.6 Å². The fourth-order valence-electron chi connectivity index (χ4n) is 9.80. The molecule has 8 amide bonds. The number of anilines is 1. The van der Waals surface area contributed by atoms with E-state index in [0.717, 1.165) is 24.7 Å². The lowest BCUT2D eigenvalue weighted by atomic mass is 9.96. The van der Waals surface area contributed by atoms with E-state index in [9.17, 15) is 74.4 Å². The number of amides is 8. The third-order valence-corrected chi connectivity index (χ3v) is 18.2. The molecule has 38 nitrogen and oxygen atoms in total. The highest BCUT2D eigenvalue weighted by atomic mass is 32.2. The first kappa shape index (κ1) is 77.7. The number of H-pyrrole nitrogens is 1. The number of aromatic amines is 1. The summed E-state index contributed by atoms with van der Waals surface area (Å²) in [5.74, 6) is -7.69. The average Bonchev–Trinajstić information content (AvgIpc) is 0.885. The van der Waals surface area contributed by atoms with E-state index in [1.165, 1.54) is 50.4 Å². The highest BCUT2D eigenvalue weighted by Crippen LogP contribution is 2.35. The SMILES string of the molecule is Cc1c(N)nc([C@H](CC(N)=O)NC[C@@H](N)C(N)=O)nc1C(=O)N[C@H](C(=O)N[C@@H](C)[C@H](O)[C@@H](C)C(=O)N[C@@H](C(=O)NCCc1nc(-c2nc(C(=O)NCCC[S+](C)C)cs2)cs1)[C@@H](C)O)[C@@H](O[C@H]1O[C@H](CO)[C@H](O)[C@@H](O)[C@H]1O[C@H]1O[C@H](CO)[C@@H](O)[C@H](OC(N)=O)[C@@H]1O)c1cnc[nH]1. The van der Waals surface area contributed by atoms with Crippen LogP contribution in [0.2, 0.25) is 0 Å². The molecule has 0 unspecified atom stereocenters. The number of carbonyl (C=O) groups excluding carboxylic acids is 8. The largest absolute Gasteiger partial charge is 0.441 e. The van der Waals surface area contributed by atoms with Crippen molar-refractivity contribution in [2.24, 2.45) is 28.9 Å². The highest BCUT2D eigenvalue weighted by molar-refractivity contribution is 7.95. The lowest BCUT2D eigenvalue weighted by molar-refractivity contribution is -0.372. The van der Waals surface area contributed by atoms with Crippen LogP contribution in [0.4, 0.5) is 10.6 Å². The Morgan fingerprint density at radius 3 is 2.09 bits per heavy atom. The molecule has 0 bridgehead atoms. The van der Waals surface area contributed by atoms with E-state index in [4.69, 9.17) is 52.4 Å². The molecule has 96 heavy (non-hydrogen) atoms. The Labute approximate surface area is 559 Å². The average molecular weight is 1420 g/mol. The van der Waals surface area contributed by atoms with Gasteiger partial charge in [-0.2, -0.15) is 0 Å². The maximum absolute atomic E-state index is 15.2. The summed E-state index contributed by atoms with van der Waals surface area (Å²) in [7, 11) is 0.254. The molecule has 6 rings (SSSR count). The summed E-state index contributed by atoms with van der Waals surface area (Å²) in [6.07, 6.45) is -20.0. The maximum Gasteiger partial charge on any atom is 0.404 e. The molecular formula is C55H84N17O21S3+. The zero-order valence-corrected chi connectivity index (χ0v) is 55.3. The number of aliphatic hydroxyl groups excluding tert-OH is 8. The lowest BCUT2D eigenvalue weighted by Crippen LogP contribution is -2.65. The molecule has 0 aromatic carbocycles. The standard InChI is InChI=1S/C55H83N17O21S3/c1-20-33(69-46(72-44(20)58)25(12-31(57)76)64-13-24(56)45(59)82)50(86)71-35(41(26-14-61-19-65-26)91-54-43(39(80)37(78)29(15-73)90-54)92-53-40(81)42(93-55(60)88)38(79)30(16-74)89-53)51(87)66-22(3)36(77)21(2)47(83)70-34(23(4)75)49(85)63-10-8-32-67-28(18-94-32)52-68-27(17-95-52)48(84)62-9-7-11-96(5)6/h14,17-19,21-25,29-30,34-43,53-54,64,73-75,77-81H,7-13,15-16,56H2,1-6H3,(H13-,57,58,59,60,61,62,63,65,66,69,70,71,72,76,82,83,84,85,86,87,88)/p+1/t21-,22+,23-,24-,25+,29-,30-,34-,35+,36-,37+,38-,39-,40+,41+,42+,43-,53-,54-/m1/s1. The number of ether oxygens (including phenoxy) is 5. The topological polar surface area (TPSA) is 627 Å². The van der Waals surface area contributed by atoms with Gasteiger partial charge in [0.25, 0.3) is 11.8 Å². The minimum absolute atomic E-state index is 0.00498. The van der Waals surface area contributed by atoms with Crippen molar-refractivity contribution >= 4 is 86.8 Å². The number of hydrogen-bond acceptors (Lipinski definition) is 31. The molecule has 0 aliphatic carbocycles. The van der Waals surface area contributed by atoms with Gasteiger partial charge in [-0.3, -0.25) is 33.6 Å². The van der Waals surface area contributed by atoms with Gasteiger partial charge in [-0.15, -0.1) is 22.7 Å². The number of carbonyl (C=O) groups is 8. The monoisotopic (exact) mass is 1410 g/mol. The summed E-state index contributed by atoms with van der Waals surface area (Å²) < 4.78 is 28.7. The Bertz CT molecular complexity index is 3280. The second-order valence-corrected chi connectivity index (χ2v) is 27.0. The molecule has 532 valence electrons. The van der Waals surface area contributed by atoms with Crippen LogP contribution >= 0.6 is 22.7 Å². The van der Waals surface area contributed by atoms with Crippen molar-refractivity contribution < 1.29 is 103 Å². The van der Waals surface area contributed by atoms with Gasteiger partial charge in [-0.1, -0.05) is 6.92 Å². The van der Waals surface area contributed by atoms with E-state index in [0.29, 0.717) is 22.3 Å². The third-order valence-electron chi connectivity index (χ3n) is 15.3. The van der Waals surface area contributed by atoms with Gasteiger partial charge in [-0.05, 0) is 31.7 Å². The van der Waals surface area contributed by atoms with E-state index < -0.39 is 183 Å².